The number of fused-ring (bicyclic) bond motifs is 2. The van der Waals surface area contributed by atoms with Gasteiger partial charge in [-0.25, -0.2) is 28.8 Å². The van der Waals surface area contributed by atoms with Gasteiger partial charge in [0, 0.05) is 0 Å². The number of hydrogen-bond acceptors (Lipinski definition) is 18. The van der Waals surface area contributed by atoms with Crippen molar-refractivity contribution in [1.82, 2.24) is 0 Å². The van der Waals surface area contributed by atoms with Gasteiger partial charge in [0.15, 0.2) is 24.4 Å². The molecule has 4 saturated heterocycles. The van der Waals surface area contributed by atoms with Crippen LogP contribution in [0.25, 0.3) is 0 Å². The molecule has 0 amide bonds. The van der Waals surface area contributed by atoms with E-state index in [1.54, 1.807) is 0 Å². The van der Waals surface area contributed by atoms with E-state index < -0.39 is 90.4 Å². The van der Waals surface area contributed by atoms with Gasteiger partial charge < -0.3 is 61.0 Å². The Labute approximate surface area is 279 Å². The Morgan fingerprint density at radius 3 is 1.00 bits per heavy atom. The van der Waals surface area contributed by atoms with Crippen LogP contribution in [0.15, 0.2) is 49.6 Å². The topological polar surface area (TPSA) is 245 Å². The third-order valence-corrected chi connectivity index (χ3v) is 8.18. The second-order valence-electron chi connectivity index (χ2n) is 11.3. The maximum Gasteiger partial charge on any atom is 0.374 e. The molecular formula is C31H26O19. The third kappa shape index (κ3) is 6.33. The molecule has 0 radical (unpaired) electrons. The highest BCUT2D eigenvalue weighted by Gasteiger charge is 2.53. The fraction of sp³-hybridized carbons (Fsp3) is 0.419. The van der Waals surface area contributed by atoms with Gasteiger partial charge in [0.05, 0.1) is 33.5 Å². The van der Waals surface area contributed by atoms with E-state index in [9.17, 15) is 28.8 Å². The van der Waals surface area contributed by atoms with E-state index in [-0.39, 0.29) is 55.2 Å². The maximum absolute atomic E-state index is 12.9. The quantitative estimate of drug-likeness (QED) is 0.229. The summed E-state index contributed by atoms with van der Waals surface area (Å²) in [6.07, 6.45) is -6.66. The summed E-state index contributed by atoms with van der Waals surface area (Å²) in [5.41, 5.74) is 0. The number of carbonyl (C=O) groups excluding carboxylic acids is 5. The van der Waals surface area contributed by atoms with E-state index in [1.165, 1.54) is 31.4 Å². The molecule has 19 nitrogen and oxygen atoms in total. The van der Waals surface area contributed by atoms with Crippen LogP contribution < -0.4 is 0 Å². The Kier molecular flexibility index (Phi) is 8.87. The summed E-state index contributed by atoms with van der Waals surface area (Å²) < 4.78 is 64.5. The molecule has 4 aliphatic heterocycles. The molecule has 4 aliphatic rings. The van der Waals surface area contributed by atoms with Crippen molar-refractivity contribution >= 4 is 35.8 Å². The highest BCUT2D eigenvalue weighted by Crippen LogP contribution is 2.33. The van der Waals surface area contributed by atoms with Crippen molar-refractivity contribution in [3.63, 3.8) is 0 Å². The van der Waals surface area contributed by atoms with Gasteiger partial charge in [-0.1, -0.05) is 0 Å². The van der Waals surface area contributed by atoms with E-state index in [1.807, 2.05) is 0 Å². The van der Waals surface area contributed by atoms with Gasteiger partial charge in [0.2, 0.25) is 34.6 Å². The molecule has 0 spiro atoms. The summed E-state index contributed by atoms with van der Waals surface area (Å²) in [7, 11) is 1.17. The molecule has 19 heteroatoms. The zero-order valence-corrected chi connectivity index (χ0v) is 25.7. The van der Waals surface area contributed by atoms with Gasteiger partial charge in [-0.3, -0.25) is 0 Å². The van der Waals surface area contributed by atoms with Crippen molar-refractivity contribution in [2.75, 3.05) is 33.5 Å². The number of ether oxygens (including phenoxy) is 9. The minimum atomic E-state index is -1.35. The number of carbonyl (C=O) groups is 6. The predicted molar refractivity (Wildman–Crippen MR) is 150 cm³/mol. The first-order chi connectivity index (χ1) is 24.1. The molecule has 3 aromatic rings. The van der Waals surface area contributed by atoms with E-state index in [0.717, 1.165) is 12.1 Å². The highest BCUT2D eigenvalue weighted by molar-refractivity contribution is 5.92. The zero-order valence-electron chi connectivity index (χ0n) is 25.7. The molecule has 0 saturated carbocycles. The smallest absolute Gasteiger partial charge is 0.374 e. The molecular weight excluding hydrogens is 676 g/mol. The molecule has 264 valence electrons. The lowest BCUT2D eigenvalue weighted by Gasteiger charge is -2.17. The molecule has 50 heavy (non-hydrogen) atoms. The average molecular weight is 703 g/mol. The van der Waals surface area contributed by atoms with E-state index in [2.05, 4.69) is 4.74 Å². The number of methoxy groups -OCH3 is 1. The Morgan fingerprint density at radius 1 is 0.480 bits per heavy atom. The summed E-state index contributed by atoms with van der Waals surface area (Å²) in [6.45, 7) is -0.317. The molecule has 7 rings (SSSR count). The van der Waals surface area contributed by atoms with Crippen molar-refractivity contribution in [1.29, 1.82) is 0 Å². The number of carboxylic acids is 1. The van der Waals surface area contributed by atoms with Crippen LogP contribution in [0.2, 0.25) is 0 Å². The molecule has 1 N–H and O–H groups in total. The monoisotopic (exact) mass is 702 g/mol. The second-order valence-corrected chi connectivity index (χ2v) is 11.3. The summed E-state index contributed by atoms with van der Waals surface area (Å²) in [4.78, 5) is 73.3. The number of hydrogen-bond donors (Lipinski definition) is 1. The Morgan fingerprint density at radius 2 is 0.740 bits per heavy atom. The molecule has 4 fully saturated rings. The molecule has 8 atom stereocenters. The lowest BCUT2D eigenvalue weighted by Crippen LogP contribution is -2.36. The van der Waals surface area contributed by atoms with Crippen molar-refractivity contribution in [3.8, 4) is 0 Å². The summed E-state index contributed by atoms with van der Waals surface area (Å²) >= 11 is 0. The first-order valence-corrected chi connectivity index (χ1v) is 15.0. The van der Waals surface area contributed by atoms with E-state index in [4.69, 9.17) is 56.3 Å². The van der Waals surface area contributed by atoms with Crippen LogP contribution in [0.4, 0.5) is 0 Å². The van der Waals surface area contributed by atoms with Gasteiger partial charge in [-0.15, -0.1) is 0 Å². The zero-order chi connectivity index (χ0) is 35.1. The van der Waals surface area contributed by atoms with Crippen molar-refractivity contribution in [3.05, 3.63) is 71.0 Å². The van der Waals surface area contributed by atoms with Crippen molar-refractivity contribution in [2.45, 2.75) is 48.8 Å². The van der Waals surface area contributed by atoms with Crippen LogP contribution in [0.5, 0.6) is 0 Å². The standard InChI is InChI=1S/C31H26O19/c1-39-27(34)13-4-5-15(45-13)29(36)48-19-9-42-25-21(11-43-23(19)25)50-31(38)17-7-6-16(46-17)30(37)49-20-10-41-22-18(8-40-24(20)22)47-28(35)14-3-2-12(44-14)26(32)33/h2-7,18-25H,8-11H2,1H3,(H,32,33)/t18-,19-,20+,21+,22?,23?,24?,25?/m0/s1. The molecule has 0 aliphatic carbocycles. The van der Waals surface area contributed by atoms with Crippen molar-refractivity contribution < 1.29 is 89.8 Å². The van der Waals surface area contributed by atoms with Gasteiger partial charge in [-0.05, 0) is 36.4 Å². The van der Waals surface area contributed by atoms with Crippen LogP contribution in [0.1, 0.15) is 63.3 Å². The summed E-state index contributed by atoms with van der Waals surface area (Å²) in [5.74, 6) is -7.52. The predicted octanol–water partition coefficient (Wildman–Crippen LogP) is 1.05. The summed E-state index contributed by atoms with van der Waals surface area (Å²) in [5, 5.41) is 8.97. The molecule has 0 aromatic carbocycles. The average Bonchev–Trinajstić information content (AvgIpc) is 3.94. The minimum absolute atomic E-state index is 0.0618. The number of esters is 5. The van der Waals surface area contributed by atoms with Crippen LogP contribution in [-0.4, -0.2) is 123 Å². The SMILES string of the molecule is COC(=O)c1ccc(C(=O)O[C@H]2COC3C2OC[C@H]3OC(=O)c2ccc(C(=O)O[C@@H]3COC4C3OC[C@@H]4OC(=O)c3ccc(C(=O)O)o3)o2)o1. The molecule has 0 bridgehead atoms. The normalized spacial score (nSPS) is 28.0. The van der Waals surface area contributed by atoms with E-state index >= 15 is 0 Å². The first-order valence-electron chi connectivity index (χ1n) is 15.0. The Bertz CT molecular complexity index is 1810. The van der Waals surface area contributed by atoms with Gasteiger partial charge in [-0.2, -0.15) is 0 Å². The number of furan rings is 3. The van der Waals surface area contributed by atoms with Crippen LogP contribution in [0, 0.1) is 0 Å². The number of carboxylic acid groups (broad SMARTS) is 1. The number of rotatable bonds is 10. The van der Waals surface area contributed by atoms with Gasteiger partial charge >= 0.3 is 35.8 Å². The van der Waals surface area contributed by atoms with Gasteiger partial charge in [0.1, 0.15) is 24.4 Å². The van der Waals surface area contributed by atoms with Crippen LogP contribution in [0.3, 0.4) is 0 Å². The lowest BCUT2D eigenvalue weighted by atomic mass is 10.1. The fourth-order valence-electron chi connectivity index (χ4n) is 5.82. The van der Waals surface area contributed by atoms with Crippen molar-refractivity contribution in [2.24, 2.45) is 0 Å². The molecule has 7 heterocycles. The van der Waals surface area contributed by atoms with Crippen LogP contribution in [-0.2, 0) is 42.6 Å². The molecule has 4 unspecified atom stereocenters. The van der Waals surface area contributed by atoms with Gasteiger partial charge in [0.25, 0.3) is 0 Å². The Hall–Kier alpha value is -5.50. The largest absolute Gasteiger partial charge is 0.475 e. The maximum atomic E-state index is 12.9. The fourth-order valence-corrected chi connectivity index (χ4v) is 5.82. The Balaban J connectivity index is 0.885. The van der Waals surface area contributed by atoms with Crippen LogP contribution >= 0.6 is 0 Å². The lowest BCUT2D eigenvalue weighted by molar-refractivity contribution is -0.0316. The highest BCUT2D eigenvalue weighted by atomic mass is 16.7. The first kappa shape index (κ1) is 33.0. The number of aromatic carboxylic acids is 1. The third-order valence-electron chi connectivity index (χ3n) is 8.18. The second kappa shape index (κ2) is 13.4. The minimum Gasteiger partial charge on any atom is -0.475 e. The summed E-state index contributed by atoms with van der Waals surface area (Å²) in [6, 6.07) is 7.25. The van der Waals surface area contributed by atoms with E-state index in [0.29, 0.717) is 0 Å². The molecule has 3 aromatic heterocycles.